The van der Waals surface area contributed by atoms with Crippen LogP contribution in [0.1, 0.15) is 29.8 Å². The van der Waals surface area contributed by atoms with Crippen molar-refractivity contribution in [1.29, 1.82) is 0 Å². The van der Waals surface area contributed by atoms with E-state index in [4.69, 9.17) is 9.47 Å². The summed E-state index contributed by atoms with van der Waals surface area (Å²) in [6.45, 7) is 6.27. The molecule has 6 nitrogen and oxygen atoms in total. The molecule has 27 heavy (non-hydrogen) atoms. The lowest BCUT2D eigenvalue weighted by atomic mass is 10.2. The molecule has 0 saturated carbocycles. The second-order valence-electron chi connectivity index (χ2n) is 6.43. The van der Waals surface area contributed by atoms with Crippen LogP contribution in [0, 0.1) is 12.8 Å². The Hall–Kier alpha value is -2.54. The van der Waals surface area contributed by atoms with Crippen LogP contribution >= 0.6 is 15.9 Å². The highest BCUT2D eigenvalue weighted by molar-refractivity contribution is 9.10. The molecule has 0 unspecified atom stereocenters. The maximum Gasteiger partial charge on any atom is 0.276 e. The van der Waals surface area contributed by atoms with Crippen LogP contribution < -0.4 is 20.3 Å². The van der Waals surface area contributed by atoms with Crippen LogP contribution in [0.3, 0.4) is 0 Å². The smallest absolute Gasteiger partial charge is 0.276 e. The highest BCUT2D eigenvalue weighted by Crippen LogP contribution is 2.25. The van der Waals surface area contributed by atoms with Gasteiger partial charge < -0.3 is 9.47 Å². The summed E-state index contributed by atoms with van der Waals surface area (Å²) in [6, 6.07) is 12.4. The maximum atomic E-state index is 12.3. The highest BCUT2D eigenvalue weighted by Gasteiger charge is 2.14. The van der Waals surface area contributed by atoms with E-state index in [9.17, 15) is 9.59 Å². The summed E-state index contributed by atoms with van der Waals surface area (Å²) in [5.41, 5.74) is 6.14. The molecule has 144 valence electrons. The van der Waals surface area contributed by atoms with Crippen LogP contribution in [0.25, 0.3) is 0 Å². The molecule has 0 fully saturated rings. The summed E-state index contributed by atoms with van der Waals surface area (Å²) >= 11 is 3.38. The Kier molecular flexibility index (Phi) is 7.67. The fraction of sp³-hybridized carbons (Fsp3) is 0.300. The Bertz CT molecular complexity index is 808. The summed E-state index contributed by atoms with van der Waals surface area (Å²) in [5.74, 6) is 0.419. The summed E-state index contributed by atoms with van der Waals surface area (Å²) in [4.78, 5) is 24.3. The normalized spacial score (nSPS) is 10.4. The van der Waals surface area contributed by atoms with Gasteiger partial charge in [0.1, 0.15) is 11.5 Å². The number of hydrazine groups is 1. The van der Waals surface area contributed by atoms with Gasteiger partial charge in [-0.15, -0.1) is 0 Å². The first-order valence-electron chi connectivity index (χ1n) is 8.56. The van der Waals surface area contributed by atoms with Crippen molar-refractivity contribution in [2.75, 3.05) is 13.2 Å². The Morgan fingerprint density at radius 3 is 2.48 bits per heavy atom. The third-order valence-corrected chi connectivity index (χ3v) is 4.09. The van der Waals surface area contributed by atoms with Crippen molar-refractivity contribution in [3.63, 3.8) is 0 Å². The van der Waals surface area contributed by atoms with E-state index in [2.05, 4.69) is 26.8 Å². The fourth-order valence-electron chi connectivity index (χ4n) is 2.13. The fourth-order valence-corrected chi connectivity index (χ4v) is 2.74. The van der Waals surface area contributed by atoms with Gasteiger partial charge in [-0.25, -0.2) is 0 Å². The molecule has 2 aromatic rings. The minimum absolute atomic E-state index is 0.229. The first kappa shape index (κ1) is 20.8. The molecule has 0 saturated heterocycles. The zero-order chi connectivity index (χ0) is 19.8. The van der Waals surface area contributed by atoms with E-state index in [0.717, 1.165) is 10.0 Å². The lowest BCUT2D eigenvalue weighted by Gasteiger charge is -2.14. The quantitative estimate of drug-likeness (QED) is 0.652. The van der Waals surface area contributed by atoms with Gasteiger partial charge >= 0.3 is 0 Å². The van der Waals surface area contributed by atoms with Crippen LogP contribution in [-0.4, -0.2) is 25.0 Å². The van der Waals surface area contributed by atoms with Crippen molar-refractivity contribution in [3.8, 4) is 11.5 Å². The third-order valence-electron chi connectivity index (χ3n) is 3.47. The van der Waals surface area contributed by atoms with E-state index < -0.39 is 11.8 Å². The first-order valence-corrected chi connectivity index (χ1v) is 9.36. The third kappa shape index (κ3) is 6.60. The second-order valence-corrected chi connectivity index (χ2v) is 7.28. The van der Waals surface area contributed by atoms with Crippen molar-refractivity contribution in [1.82, 2.24) is 10.9 Å². The monoisotopic (exact) mass is 434 g/mol. The molecule has 0 aliphatic heterocycles. The van der Waals surface area contributed by atoms with Crippen molar-refractivity contribution in [2.24, 2.45) is 5.92 Å². The Morgan fingerprint density at radius 2 is 1.78 bits per heavy atom. The number of carbonyl (C=O) groups is 2. The van der Waals surface area contributed by atoms with Gasteiger partial charge in [0.25, 0.3) is 11.8 Å². The predicted molar refractivity (Wildman–Crippen MR) is 107 cm³/mol. The Labute approximate surface area is 167 Å². The zero-order valence-corrected chi connectivity index (χ0v) is 17.1. The van der Waals surface area contributed by atoms with Gasteiger partial charge in [-0.1, -0.05) is 32.0 Å². The number of aryl methyl sites for hydroxylation is 1. The number of hydrogen-bond acceptors (Lipinski definition) is 4. The van der Waals surface area contributed by atoms with E-state index in [1.807, 2.05) is 32.9 Å². The molecule has 2 aromatic carbocycles. The number of para-hydroxylation sites is 1. The van der Waals surface area contributed by atoms with Gasteiger partial charge in [0, 0.05) is 0 Å². The first-order chi connectivity index (χ1) is 12.9. The van der Waals surface area contributed by atoms with E-state index in [1.54, 1.807) is 30.3 Å². The summed E-state index contributed by atoms with van der Waals surface area (Å²) in [5, 5.41) is 0. The molecule has 0 bridgehead atoms. The van der Waals surface area contributed by atoms with Gasteiger partial charge in [0.2, 0.25) is 0 Å². The molecule has 2 N–H and O–H groups in total. The standard InChI is InChI=1S/C20H23BrN2O4/c1-13(2)11-26-17-7-5-4-6-15(17)20(25)23-22-19(24)12-27-18-9-8-14(3)10-16(18)21/h4-10,13H,11-12H2,1-3H3,(H,22,24)(H,23,25). The number of halogens is 1. The van der Waals surface area contributed by atoms with Gasteiger partial charge in [-0.3, -0.25) is 20.4 Å². The molecule has 7 heteroatoms. The van der Waals surface area contributed by atoms with Crippen LogP contribution in [0.5, 0.6) is 11.5 Å². The lowest BCUT2D eigenvalue weighted by Crippen LogP contribution is -2.44. The second kappa shape index (κ2) is 9.97. The molecule has 2 rings (SSSR count). The van der Waals surface area contributed by atoms with Gasteiger partial charge in [-0.05, 0) is 58.6 Å². The predicted octanol–water partition coefficient (Wildman–Crippen LogP) is 3.63. The molecule has 0 heterocycles. The van der Waals surface area contributed by atoms with Gasteiger partial charge in [0.05, 0.1) is 16.6 Å². The van der Waals surface area contributed by atoms with Gasteiger partial charge in [0.15, 0.2) is 6.61 Å². The van der Waals surface area contributed by atoms with E-state index in [1.165, 1.54) is 0 Å². The van der Waals surface area contributed by atoms with E-state index in [-0.39, 0.29) is 6.61 Å². The largest absolute Gasteiger partial charge is 0.492 e. The molecular weight excluding hydrogens is 412 g/mol. The Morgan fingerprint density at radius 1 is 1.04 bits per heavy atom. The van der Waals surface area contributed by atoms with Crippen LogP contribution in [0.2, 0.25) is 0 Å². The minimum Gasteiger partial charge on any atom is -0.492 e. The number of rotatable bonds is 7. The topological polar surface area (TPSA) is 76.7 Å². The lowest BCUT2D eigenvalue weighted by molar-refractivity contribution is -0.123. The van der Waals surface area contributed by atoms with Crippen molar-refractivity contribution >= 4 is 27.7 Å². The van der Waals surface area contributed by atoms with Crippen LogP contribution in [0.4, 0.5) is 0 Å². The molecule has 2 amide bonds. The number of hydrogen-bond donors (Lipinski definition) is 2. The number of benzene rings is 2. The van der Waals surface area contributed by atoms with Crippen molar-refractivity contribution < 1.29 is 19.1 Å². The molecular formula is C20H23BrN2O4. The van der Waals surface area contributed by atoms with E-state index in [0.29, 0.717) is 29.6 Å². The number of amides is 2. The Balaban J connectivity index is 1.87. The summed E-state index contributed by atoms with van der Waals surface area (Å²) in [6.07, 6.45) is 0. The molecule has 0 atom stereocenters. The SMILES string of the molecule is Cc1ccc(OCC(=O)NNC(=O)c2ccccc2OCC(C)C)c(Br)c1. The molecule has 0 aliphatic rings. The molecule has 0 aliphatic carbocycles. The highest BCUT2D eigenvalue weighted by atomic mass is 79.9. The molecule has 0 aromatic heterocycles. The zero-order valence-electron chi connectivity index (χ0n) is 15.5. The van der Waals surface area contributed by atoms with Crippen LogP contribution in [-0.2, 0) is 4.79 Å². The molecule has 0 spiro atoms. The summed E-state index contributed by atoms with van der Waals surface area (Å²) < 4.78 is 11.9. The number of ether oxygens (including phenoxy) is 2. The maximum absolute atomic E-state index is 12.3. The summed E-state index contributed by atoms with van der Waals surface area (Å²) in [7, 11) is 0. The average molecular weight is 435 g/mol. The van der Waals surface area contributed by atoms with E-state index >= 15 is 0 Å². The van der Waals surface area contributed by atoms with Crippen molar-refractivity contribution in [3.05, 3.63) is 58.1 Å². The average Bonchev–Trinajstić information content (AvgIpc) is 2.64. The van der Waals surface area contributed by atoms with Gasteiger partial charge in [-0.2, -0.15) is 0 Å². The molecule has 0 radical (unpaired) electrons. The minimum atomic E-state index is -0.476. The number of carbonyl (C=O) groups excluding carboxylic acids is 2. The van der Waals surface area contributed by atoms with Crippen LogP contribution in [0.15, 0.2) is 46.9 Å². The number of nitrogens with one attached hydrogen (secondary N) is 2. The van der Waals surface area contributed by atoms with Crippen molar-refractivity contribution in [2.45, 2.75) is 20.8 Å².